The van der Waals surface area contributed by atoms with Gasteiger partial charge in [0.25, 0.3) is 5.91 Å². The van der Waals surface area contributed by atoms with Gasteiger partial charge < -0.3 is 30.0 Å². The molecular formula is C26H30FN5O3. The smallest absolute Gasteiger partial charge is 0.255 e. The molecule has 0 saturated carbocycles. The summed E-state index contributed by atoms with van der Waals surface area (Å²) in [7, 11) is 3.55. The van der Waals surface area contributed by atoms with E-state index in [0.29, 0.717) is 41.5 Å². The summed E-state index contributed by atoms with van der Waals surface area (Å²) < 4.78 is 25.9. The molecule has 1 amide bonds. The number of methoxy groups -OCH3 is 1. The van der Waals surface area contributed by atoms with E-state index in [9.17, 15) is 9.18 Å². The van der Waals surface area contributed by atoms with Crippen LogP contribution in [0.15, 0.2) is 36.7 Å². The van der Waals surface area contributed by atoms with Gasteiger partial charge in [-0.3, -0.25) is 9.78 Å². The van der Waals surface area contributed by atoms with Gasteiger partial charge in [-0.1, -0.05) is 6.07 Å². The topological polar surface area (TPSA) is 91.5 Å². The Balaban J connectivity index is 1.69. The van der Waals surface area contributed by atoms with Crippen LogP contribution < -0.4 is 20.1 Å². The minimum absolute atomic E-state index is 0.0832. The molecule has 5 rings (SSSR count). The first-order valence-corrected chi connectivity index (χ1v) is 12.0. The van der Waals surface area contributed by atoms with Crippen LogP contribution in [-0.2, 0) is 0 Å². The summed E-state index contributed by atoms with van der Waals surface area (Å²) in [5, 5.41) is 6.36. The Morgan fingerprint density at radius 2 is 2.14 bits per heavy atom. The van der Waals surface area contributed by atoms with Crippen molar-refractivity contribution >= 4 is 17.3 Å². The third-order valence-corrected chi connectivity index (χ3v) is 6.71. The van der Waals surface area contributed by atoms with E-state index in [4.69, 9.17) is 9.47 Å². The second kappa shape index (κ2) is 9.95. The fourth-order valence-corrected chi connectivity index (χ4v) is 4.85. The lowest BCUT2D eigenvalue weighted by molar-refractivity contribution is 0.0939. The number of carbonyl (C=O) groups excluding carboxylic acids is 1. The number of nitrogens with one attached hydrogen (secondary N) is 3. The molecule has 1 aromatic carbocycles. The molecular weight excluding hydrogens is 449 g/mol. The number of rotatable bonds is 3. The molecule has 9 heteroatoms. The molecule has 4 heterocycles. The van der Waals surface area contributed by atoms with Crippen molar-refractivity contribution in [3.05, 3.63) is 53.7 Å². The summed E-state index contributed by atoms with van der Waals surface area (Å²) >= 11 is 0. The highest BCUT2D eigenvalue weighted by Crippen LogP contribution is 2.44. The highest BCUT2D eigenvalue weighted by atomic mass is 19.1. The van der Waals surface area contributed by atoms with Crippen LogP contribution in [0, 0.1) is 5.82 Å². The summed E-state index contributed by atoms with van der Waals surface area (Å²) in [6.45, 7) is 3.02. The number of halogens is 1. The van der Waals surface area contributed by atoms with E-state index < -0.39 is 5.82 Å². The summed E-state index contributed by atoms with van der Waals surface area (Å²) in [5.74, 6) is 0.163. The number of pyridine rings is 1. The number of aromatic amines is 1. The van der Waals surface area contributed by atoms with Gasteiger partial charge in [-0.05, 0) is 57.6 Å². The number of carbonyl (C=O) groups is 1. The van der Waals surface area contributed by atoms with Gasteiger partial charge in [-0.25, -0.2) is 4.39 Å². The number of fused-ring (bicyclic) bond motifs is 3. The number of para-hydroxylation sites is 1. The molecule has 2 aliphatic rings. The maximum atomic E-state index is 14.5. The molecule has 0 saturated heterocycles. The van der Waals surface area contributed by atoms with E-state index in [2.05, 4.69) is 32.5 Å². The minimum atomic E-state index is -0.486. The third-order valence-electron chi connectivity index (χ3n) is 6.71. The zero-order valence-corrected chi connectivity index (χ0v) is 20.0. The van der Waals surface area contributed by atoms with Crippen LogP contribution in [0.1, 0.15) is 41.2 Å². The SMILES string of the molecule is COc1c(F)cccc1Nc1c2[nH]c3c1C(=O)NCC3CCN(C)CCCCOc1cnccc1-2. The normalized spacial score (nSPS) is 18.6. The number of hydrogen-bond acceptors (Lipinski definition) is 6. The fraction of sp³-hybridized carbons (Fsp3) is 0.385. The number of anilines is 2. The monoisotopic (exact) mass is 479 g/mol. The number of ether oxygens (including phenoxy) is 2. The number of hydrogen-bond donors (Lipinski definition) is 3. The van der Waals surface area contributed by atoms with E-state index >= 15 is 0 Å². The van der Waals surface area contributed by atoms with Crippen molar-refractivity contribution in [3.8, 4) is 22.8 Å². The Morgan fingerprint density at radius 3 is 3.00 bits per heavy atom. The van der Waals surface area contributed by atoms with Gasteiger partial charge in [-0.2, -0.15) is 0 Å². The number of nitrogens with zero attached hydrogens (tertiary/aromatic N) is 2. The zero-order chi connectivity index (χ0) is 24.4. The second-order valence-electron chi connectivity index (χ2n) is 9.04. The molecule has 1 unspecified atom stereocenters. The van der Waals surface area contributed by atoms with Crippen LogP contribution in [0.5, 0.6) is 11.5 Å². The molecule has 184 valence electrons. The van der Waals surface area contributed by atoms with Crippen molar-refractivity contribution in [1.29, 1.82) is 0 Å². The third kappa shape index (κ3) is 4.55. The highest BCUT2D eigenvalue weighted by Gasteiger charge is 2.34. The standard InChI is InChI=1S/C26H30FN5O3/c1-32-11-3-4-13-35-20-15-28-10-8-17(20)23-24(30-19-7-5-6-18(27)25(19)34-2)21-22(31-23)16(9-12-32)14-29-26(21)33/h5-8,10,15-16,30-31H,3-4,9,11-14H2,1-2H3,(H,29,33). The van der Waals surface area contributed by atoms with Crippen LogP contribution in [0.25, 0.3) is 11.3 Å². The van der Waals surface area contributed by atoms with Crippen LogP contribution in [0.4, 0.5) is 15.8 Å². The van der Waals surface area contributed by atoms with Gasteiger partial charge >= 0.3 is 0 Å². The highest BCUT2D eigenvalue weighted by molar-refractivity contribution is 6.07. The lowest BCUT2D eigenvalue weighted by Gasteiger charge is -2.26. The van der Waals surface area contributed by atoms with Crippen LogP contribution in [0.2, 0.25) is 0 Å². The van der Waals surface area contributed by atoms with E-state index in [1.165, 1.54) is 13.2 Å². The summed E-state index contributed by atoms with van der Waals surface area (Å²) in [6, 6.07) is 6.54. The molecule has 0 aliphatic carbocycles. The maximum absolute atomic E-state index is 14.5. The quantitative estimate of drug-likeness (QED) is 0.519. The molecule has 0 radical (unpaired) electrons. The van der Waals surface area contributed by atoms with Crippen molar-refractivity contribution < 1.29 is 18.7 Å². The van der Waals surface area contributed by atoms with Gasteiger partial charge in [0.15, 0.2) is 11.6 Å². The molecule has 35 heavy (non-hydrogen) atoms. The Kier molecular flexibility index (Phi) is 6.59. The Bertz CT molecular complexity index is 1230. The van der Waals surface area contributed by atoms with E-state index in [0.717, 1.165) is 43.6 Å². The van der Waals surface area contributed by atoms with E-state index in [1.54, 1.807) is 24.5 Å². The van der Waals surface area contributed by atoms with Gasteiger partial charge in [0.1, 0.15) is 5.75 Å². The summed E-state index contributed by atoms with van der Waals surface area (Å²) in [6.07, 6.45) is 6.25. The molecule has 8 nitrogen and oxygen atoms in total. The van der Waals surface area contributed by atoms with Crippen LogP contribution in [0.3, 0.4) is 0 Å². The average Bonchev–Trinajstić information content (AvgIpc) is 3.23. The molecule has 2 aliphatic heterocycles. The fourth-order valence-electron chi connectivity index (χ4n) is 4.85. The van der Waals surface area contributed by atoms with E-state index in [-0.39, 0.29) is 17.6 Å². The lowest BCUT2D eigenvalue weighted by Crippen LogP contribution is -2.36. The number of amides is 1. The predicted octanol–water partition coefficient (Wildman–Crippen LogP) is 4.29. The predicted molar refractivity (Wildman–Crippen MR) is 132 cm³/mol. The second-order valence-corrected chi connectivity index (χ2v) is 9.04. The van der Waals surface area contributed by atoms with Gasteiger partial charge in [-0.15, -0.1) is 0 Å². The largest absolute Gasteiger partial charge is 0.492 e. The minimum Gasteiger partial charge on any atom is -0.492 e. The van der Waals surface area contributed by atoms with Crippen LogP contribution >= 0.6 is 0 Å². The summed E-state index contributed by atoms with van der Waals surface area (Å²) in [4.78, 5) is 23.3. The number of benzene rings is 1. The Labute approximate surface area is 203 Å². The molecule has 3 aromatic rings. The van der Waals surface area contributed by atoms with Crippen molar-refractivity contribution in [2.75, 3.05) is 45.7 Å². The van der Waals surface area contributed by atoms with Crippen molar-refractivity contribution in [2.24, 2.45) is 0 Å². The van der Waals surface area contributed by atoms with Crippen molar-refractivity contribution in [2.45, 2.75) is 25.2 Å². The van der Waals surface area contributed by atoms with Gasteiger partial charge in [0.05, 0.1) is 42.5 Å². The molecule has 1 atom stereocenters. The van der Waals surface area contributed by atoms with Crippen molar-refractivity contribution in [1.82, 2.24) is 20.2 Å². The number of H-pyrrole nitrogens is 1. The first kappa shape index (κ1) is 23.2. The summed E-state index contributed by atoms with van der Waals surface area (Å²) in [5.41, 5.74) is 3.88. The molecule has 0 fully saturated rings. The van der Waals surface area contributed by atoms with Gasteiger partial charge in [0.2, 0.25) is 0 Å². The lowest BCUT2D eigenvalue weighted by atomic mass is 9.93. The molecule has 2 bridgehead atoms. The first-order chi connectivity index (χ1) is 17.1. The zero-order valence-electron chi connectivity index (χ0n) is 20.0. The maximum Gasteiger partial charge on any atom is 0.255 e. The average molecular weight is 480 g/mol. The Hall–Kier alpha value is -3.59. The van der Waals surface area contributed by atoms with Crippen LogP contribution in [-0.4, -0.2) is 61.2 Å². The number of aromatic nitrogens is 2. The van der Waals surface area contributed by atoms with E-state index in [1.807, 2.05) is 6.07 Å². The molecule has 2 aromatic heterocycles. The van der Waals surface area contributed by atoms with Crippen molar-refractivity contribution in [3.63, 3.8) is 0 Å². The first-order valence-electron chi connectivity index (χ1n) is 12.0. The molecule has 0 spiro atoms. The van der Waals surface area contributed by atoms with Gasteiger partial charge in [0, 0.05) is 29.9 Å². The Morgan fingerprint density at radius 1 is 1.26 bits per heavy atom. The molecule has 3 N–H and O–H groups in total.